The predicted molar refractivity (Wildman–Crippen MR) is 99.6 cm³/mol. The molecule has 0 bridgehead atoms. The number of aromatic nitrogens is 5. The van der Waals surface area contributed by atoms with Gasteiger partial charge < -0.3 is 5.73 Å². The Balaban J connectivity index is 1.58. The minimum Gasteiger partial charge on any atom is -0.378 e. The van der Waals surface area contributed by atoms with Gasteiger partial charge in [-0.1, -0.05) is 17.3 Å². The highest BCUT2D eigenvalue weighted by molar-refractivity contribution is 5.95. The first-order chi connectivity index (χ1) is 14.1. The van der Waals surface area contributed by atoms with Crippen molar-refractivity contribution < 1.29 is 13.8 Å². The number of nitrogens with one attached hydrogen (secondary N) is 1. The van der Waals surface area contributed by atoms with Crippen LogP contribution in [0, 0.1) is 5.82 Å². The summed E-state index contributed by atoms with van der Waals surface area (Å²) in [6.45, 7) is 2.30. The molecule has 0 radical (unpaired) electrons. The second-order valence-electron chi connectivity index (χ2n) is 6.50. The second kappa shape index (κ2) is 8.14. The summed E-state index contributed by atoms with van der Waals surface area (Å²) in [5, 5.41) is 19.3. The van der Waals surface area contributed by atoms with Crippen LogP contribution in [0.25, 0.3) is 5.82 Å². The van der Waals surface area contributed by atoms with Crippen LogP contribution in [0.3, 0.4) is 0 Å². The Morgan fingerprint density at radius 3 is 2.72 bits per heavy atom. The summed E-state index contributed by atoms with van der Waals surface area (Å²) < 4.78 is 18.8. The number of anilines is 1. The predicted octanol–water partition coefficient (Wildman–Crippen LogP) is 0.731. The molecule has 3 heterocycles. The molecule has 1 fully saturated rings. The highest BCUT2D eigenvalue weighted by Gasteiger charge is 2.26. The van der Waals surface area contributed by atoms with E-state index in [2.05, 4.69) is 40.7 Å². The Morgan fingerprint density at radius 2 is 2.03 bits per heavy atom. The lowest BCUT2D eigenvalue weighted by atomic mass is 10.2. The molecule has 1 saturated heterocycles. The fraction of sp³-hybridized carbons (Fsp3) is 0.294. The largest absolute Gasteiger partial charge is 0.378 e. The number of nitrogens with two attached hydrogens (primary N) is 1. The van der Waals surface area contributed by atoms with Crippen molar-refractivity contribution in [2.24, 2.45) is 5.10 Å². The number of carbonyl (C=O) groups excluding carboxylic acids is 1. The molecule has 0 aliphatic carbocycles. The summed E-state index contributed by atoms with van der Waals surface area (Å²) >= 11 is 0. The lowest BCUT2D eigenvalue weighted by Gasteiger charge is -2.13. The topological polar surface area (TPSA) is 140 Å². The zero-order chi connectivity index (χ0) is 20.2. The van der Waals surface area contributed by atoms with E-state index in [9.17, 15) is 9.18 Å². The molecule has 1 amide bonds. The third-order valence-corrected chi connectivity index (χ3v) is 4.47. The average Bonchev–Trinajstić information content (AvgIpc) is 3.45. The number of nitrogen functional groups attached to an aromatic ring is 1. The molecule has 1 aliphatic heterocycles. The van der Waals surface area contributed by atoms with Crippen LogP contribution < -0.4 is 11.2 Å². The lowest BCUT2D eigenvalue weighted by Crippen LogP contribution is -2.26. The van der Waals surface area contributed by atoms with Crippen LogP contribution in [0.15, 0.2) is 34.0 Å². The summed E-state index contributed by atoms with van der Waals surface area (Å²) in [4.78, 5) is 15.0. The van der Waals surface area contributed by atoms with Crippen molar-refractivity contribution in [2.75, 3.05) is 18.8 Å². The quantitative estimate of drug-likeness (QED) is 0.457. The van der Waals surface area contributed by atoms with Gasteiger partial charge in [0.05, 0.1) is 6.21 Å². The zero-order valence-electron chi connectivity index (χ0n) is 15.3. The number of likely N-dealkylation sites (tertiary alicyclic amines) is 1. The van der Waals surface area contributed by atoms with Gasteiger partial charge in [-0.05, 0) is 53.9 Å². The molecule has 12 heteroatoms. The maximum atomic E-state index is 13.0. The molecule has 0 spiro atoms. The molecule has 11 nitrogen and oxygen atoms in total. The number of nitrogens with zero attached hydrogens (tertiary/aromatic N) is 7. The van der Waals surface area contributed by atoms with Crippen molar-refractivity contribution in [2.45, 2.75) is 19.4 Å². The molecular weight excluding hydrogens is 381 g/mol. The Hall–Kier alpha value is -3.67. The maximum absolute atomic E-state index is 13.0. The molecule has 0 unspecified atom stereocenters. The van der Waals surface area contributed by atoms with E-state index in [0.717, 1.165) is 25.9 Å². The van der Waals surface area contributed by atoms with Crippen molar-refractivity contribution >= 4 is 17.9 Å². The minimum atomic E-state index is -0.551. The minimum absolute atomic E-state index is 0.0218. The van der Waals surface area contributed by atoms with E-state index in [0.29, 0.717) is 17.8 Å². The third-order valence-electron chi connectivity index (χ3n) is 4.47. The number of halogens is 1. The van der Waals surface area contributed by atoms with Gasteiger partial charge in [-0.3, -0.25) is 9.69 Å². The van der Waals surface area contributed by atoms with Crippen LogP contribution in [-0.4, -0.2) is 55.4 Å². The van der Waals surface area contributed by atoms with Gasteiger partial charge in [0.25, 0.3) is 5.91 Å². The number of amides is 1. The van der Waals surface area contributed by atoms with Crippen LogP contribution in [0.4, 0.5) is 10.2 Å². The lowest BCUT2D eigenvalue weighted by molar-refractivity contribution is 0.0945. The van der Waals surface area contributed by atoms with Crippen molar-refractivity contribution in [3.8, 4) is 5.82 Å². The van der Waals surface area contributed by atoms with E-state index in [1.807, 2.05) is 0 Å². The van der Waals surface area contributed by atoms with Gasteiger partial charge in [0.15, 0.2) is 5.69 Å². The molecule has 3 N–H and O–H groups in total. The average molecular weight is 399 g/mol. The normalized spacial score (nSPS) is 14.7. The first-order valence-corrected chi connectivity index (χ1v) is 8.96. The first kappa shape index (κ1) is 18.7. The molecule has 1 aromatic carbocycles. The van der Waals surface area contributed by atoms with Gasteiger partial charge in [-0.25, -0.2) is 14.4 Å². The Kier molecular flexibility index (Phi) is 5.24. The summed E-state index contributed by atoms with van der Waals surface area (Å²) in [5.41, 5.74) is 9.40. The Morgan fingerprint density at radius 1 is 1.28 bits per heavy atom. The Bertz CT molecular complexity index is 1020. The number of benzene rings is 1. The summed E-state index contributed by atoms with van der Waals surface area (Å²) in [7, 11) is 0. The number of hydrogen-bond acceptors (Lipinski definition) is 9. The van der Waals surface area contributed by atoms with E-state index in [4.69, 9.17) is 5.73 Å². The van der Waals surface area contributed by atoms with Crippen molar-refractivity contribution in [1.82, 2.24) is 35.6 Å². The number of hydrazone groups is 1. The van der Waals surface area contributed by atoms with Crippen molar-refractivity contribution in [3.05, 3.63) is 47.0 Å². The molecule has 4 rings (SSSR count). The first-order valence-electron chi connectivity index (χ1n) is 8.96. The fourth-order valence-corrected chi connectivity index (χ4v) is 3.05. The van der Waals surface area contributed by atoms with Crippen LogP contribution in [0.1, 0.15) is 34.6 Å². The van der Waals surface area contributed by atoms with E-state index in [-0.39, 0.29) is 23.1 Å². The summed E-state index contributed by atoms with van der Waals surface area (Å²) in [5.74, 6) is -0.860. The highest BCUT2D eigenvalue weighted by Crippen LogP contribution is 2.18. The van der Waals surface area contributed by atoms with Crippen LogP contribution >= 0.6 is 0 Å². The SMILES string of the molecule is Nc1nonc1-n1nnc(CN2CCCC2)c1C(=O)N/N=C/c1ccc(F)cc1. The summed E-state index contributed by atoms with van der Waals surface area (Å²) in [6, 6.07) is 5.68. The van der Waals surface area contributed by atoms with Gasteiger partial charge in [-0.15, -0.1) is 5.10 Å². The molecule has 0 saturated carbocycles. The molecule has 150 valence electrons. The smallest absolute Gasteiger partial charge is 0.292 e. The molecular formula is C17H18FN9O2. The van der Waals surface area contributed by atoms with Gasteiger partial charge in [0.1, 0.15) is 11.5 Å². The van der Waals surface area contributed by atoms with Gasteiger partial charge in [0, 0.05) is 6.54 Å². The van der Waals surface area contributed by atoms with Crippen molar-refractivity contribution in [3.63, 3.8) is 0 Å². The maximum Gasteiger partial charge on any atom is 0.292 e. The highest BCUT2D eigenvalue weighted by atomic mass is 19.1. The van der Waals surface area contributed by atoms with Crippen LogP contribution in [-0.2, 0) is 6.54 Å². The number of carbonyl (C=O) groups is 1. The van der Waals surface area contributed by atoms with Crippen LogP contribution in [0.5, 0.6) is 0 Å². The van der Waals surface area contributed by atoms with Crippen molar-refractivity contribution in [1.29, 1.82) is 0 Å². The summed E-state index contributed by atoms with van der Waals surface area (Å²) in [6.07, 6.45) is 3.59. The van der Waals surface area contributed by atoms with Gasteiger partial charge in [0.2, 0.25) is 11.6 Å². The third kappa shape index (κ3) is 4.11. The number of rotatable bonds is 6. The molecule has 1 aliphatic rings. The van der Waals surface area contributed by atoms with Gasteiger partial charge >= 0.3 is 0 Å². The van der Waals surface area contributed by atoms with Gasteiger partial charge in [-0.2, -0.15) is 9.78 Å². The van der Waals surface area contributed by atoms with E-state index < -0.39 is 5.91 Å². The number of hydrogen-bond donors (Lipinski definition) is 2. The molecule has 0 atom stereocenters. The van der Waals surface area contributed by atoms with Crippen LogP contribution in [0.2, 0.25) is 0 Å². The standard InChI is InChI=1S/C17H18FN9O2/c18-12-5-3-11(4-6-12)9-20-22-17(28)14-13(10-26-7-1-2-8-26)21-25-27(14)16-15(19)23-29-24-16/h3-6,9H,1-2,7-8,10H2,(H2,19,23)(H,22,28)/b20-9+. The van der Waals surface area contributed by atoms with E-state index in [1.54, 1.807) is 0 Å². The molecule has 2 aromatic heterocycles. The monoisotopic (exact) mass is 399 g/mol. The zero-order valence-corrected chi connectivity index (χ0v) is 15.3. The second-order valence-corrected chi connectivity index (χ2v) is 6.50. The van der Waals surface area contributed by atoms with E-state index >= 15 is 0 Å². The Labute approximate surface area is 164 Å². The fourth-order valence-electron chi connectivity index (χ4n) is 3.05. The molecule has 3 aromatic rings. The molecule has 29 heavy (non-hydrogen) atoms. The van der Waals surface area contributed by atoms with E-state index in [1.165, 1.54) is 35.2 Å².